The molecule has 2 heterocycles. The van der Waals surface area contributed by atoms with Gasteiger partial charge in [-0.3, -0.25) is 9.59 Å². The fraction of sp³-hybridized carbons (Fsp3) is 0. The molecule has 0 aliphatic heterocycles. The Balaban J connectivity index is 2.84. The van der Waals surface area contributed by atoms with Gasteiger partial charge in [-0.2, -0.15) is 0 Å². The van der Waals surface area contributed by atoms with E-state index in [0.29, 0.717) is 0 Å². The first-order valence-corrected chi connectivity index (χ1v) is 4.05. The third kappa shape index (κ3) is 1.26. The molecular weight excluding hydrogens is 201 g/mol. The summed E-state index contributed by atoms with van der Waals surface area (Å²) in [7, 11) is 0. The van der Waals surface area contributed by atoms with E-state index in [9.17, 15) is 14.0 Å². The van der Waals surface area contributed by atoms with Crippen LogP contribution in [0.5, 0.6) is 0 Å². The number of aldehydes is 1. The molecule has 0 bridgehead atoms. The molecule has 0 aliphatic carbocycles. The van der Waals surface area contributed by atoms with E-state index in [1.165, 1.54) is 6.20 Å². The molecule has 6 heteroatoms. The molecule has 15 heavy (non-hydrogen) atoms. The largest absolute Gasteiger partial charge is 0.382 e. The highest BCUT2D eigenvalue weighted by Gasteiger charge is 2.16. The summed E-state index contributed by atoms with van der Waals surface area (Å²) in [6, 6.07) is 0. The number of hydrogen-bond acceptors (Lipinski definition) is 4. The van der Waals surface area contributed by atoms with Gasteiger partial charge < -0.3 is 10.7 Å². The standard InChI is InChI=1S/C9H6FN3O2/c10-5-2-13-9(11)8-7(5)4(1-12-8)6(15)3-14/h1-3,12H,(H2,11,13). The second-order valence-electron chi connectivity index (χ2n) is 2.93. The first-order chi connectivity index (χ1) is 7.15. The van der Waals surface area contributed by atoms with E-state index in [1.807, 2.05) is 0 Å². The zero-order valence-corrected chi connectivity index (χ0v) is 7.45. The number of carbonyl (C=O) groups is 2. The summed E-state index contributed by atoms with van der Waals surface area (Å²) in [4.78, 5) is 27.6. The summed E-state index contributed by atoms with van der Waals surface area (Å²) < 4.78 is 13.4. The van der Waals surface area contributed by atoms with E-state index in [2.05, 4.69) is 9.97 Å². The highest BCUT2D eigenvalue weighted by Crippen LogP contribution is 2.24. The predicted octanol–water partition coefficient (Wildman–Crippen LogP) is 0.666. The van der Waals surface area contributed by atoms with Gasteiger partial charge in [0.1, 0.15) is 5.82 Å². The number of nitrogens with zero attached hydrogens (tertiary/aromatic N) is 1. The summed E-state index contributed by atoms with van der Waals surface area (Å²) >= 11 is 0. The van der Waals surface area contributed by atoms with Crippen molar-refractivity contribution in [1.29, 1.82) is 0 Å². The van der Waals surface area contributed by atoms with Gasteiger partial charge in [0.25, 0.3) is 0 Å². The second-order valence-corrected chi connectivity index (χ2v) is 2.93. The average molecular weight is 207 g/mol. The molecule has 0 unspecified atom stereocenters. The molecule has 0 atom stereocenters. The number of pyridine rings is 1. The number of nitrogens with two attached hydrogens (primary N) is 1. The molecule has 3 N–H and O–H groups in total. The van der Waals surface area contributed by atoms with Crippen molar-refractivity contribution < 1.29 is 14.0 Å². The number of ketones is 1. The van der Waals surface area contributed by atoms with Crippen LogP contribution in [0, 0.1) is 5.82 Å². The smallest absolute Gasteiger partial charge is 0.227 e. The van der Waals surface area contributed by atoms with Gasteiger partial charge >= 0.3 is 0 Å². The Bertz CT molecular complexity index is 562. The summed E-state index contributed by atoms with van der Waals surface area (Å²) in [6.45, 7) is 0. The Morgan fingerprint density at radius 2 is 2.33 bits per heavy atom. The van der Waals surface area contributed by atoms with Gasteiger partial charge in [0, 0.05) is 6.20 Å². The number of hydrogen-bond donors (Lipinski definition) is 2. The van der Waals surface area contributed by atoms with Crippen molar-refractivity contribution in [3.63, 3.8) is 0 Å². The third-order valence-corrected chi connectivity index (χ3v) is 2.06. The molecule has 2 aromatic rings. The minimum Gasteiger partial charge on any atom is -0.382 e. The SMILES string of the molecule is Nc1ncc(F)c2c(C(=O)C=O)c[nH]c12. The molecule has 0 radical (unpaired) electrons. The zero-order valence-electron chi connectivity index (χ0n) is 7.45. The van der Waals surface area contributed by atoms with Gasteiger partial charge in [-0.25, -0.2) is 9.37 Å². The van der Waals surface area contributed by atoms with Gasteiger partial charge in [0.2, 0.25) is 5.78 Å². The van der Waals surface area contributed by atoms with Crippen molar-refractivity contribution in [2.45, 2.75) is 0 Å². The van der Waals surface area contributed by atoms with Crippen LogP contribution in [0.1, 0.15) is 10.4 Å². The molecule has 0 amide bonds. The number of nitrogens with one attached hydrogen (secondary N) is 1. The van der Waals surface area contributed by atoms with Crippen LogP contribution in [0.25, 0.3) is 10.9 Å². The van der Waals surface area contributed by atoms with Crippen LogP contribution in [0.15, 0.2) is 12.4 Å². The van der Waals surface area contributed by atoms with Crippen LogP contribution < -0.4 is 5.73 Å². The molecule has 76 valence electrons. The Hall–Kier alpha value is -2.24. The van der Waals surface area contributed by atoms with Crippen LogP contribution in [-0.4, -0.2) is 22.0 Å². The van der Waals surface area contributed by atoms with E-state index < -0.39 is 11.6 Å². The summed E-state index contributed by atoms with van der Waals surface area (Å²) in [5, 5.41) is -0.000370. The van der Waals surface area contributed by atoms with Gasteiger partial charge in [-0.05, 0) is 0 Å². The van der Waals surface area contributed by atoms with Crippen LogP contribution in [0.3, 0.4) is 0 Å². The highest BCUT2D eigenvalue weighted by molar-refractivity contribution is 6.36. The lowest BCUT2D eigenvalue weighted by Crippen LogP contribution is -2.00. The molecule has 2 rings (SSSR count). The van der Waals surface area contributed by atoms with E-state index in [0.717, 1.165) is 6.20 Å². The Kier molecular flexibility index (Phi) is 1.96. The normalized spacial score (nSPS) is 10.5. The lowest BCUT2D eigenvalue weighted by molar-refractivity contribution is -0.104. The maximum atomic E-state index is 13.4. The Morgan fingerprint density at radius 3 is 3.00 bits per heavy atom. The van der Waals surface area contributed by atoms with Crippen LogP contribution >= 0.6 is 0 Å². The molecule has 5 nitrogen and oxygen atoms in total. The Morgan fingerprint density at radius 1 is 1.60 bits per heavy atom. The van der Waals surface area contributed by atoms with Crippen molar-refractivity contribution in [2.75, 3.05) is 5.73 Å². The number of anilines is 1. The third-order valence-electron chi connectivity index (χ3n) is 2.06. The highest BCUT2D eigenvalue weighted by atomic mass is 19.1. The number of halogens is 1. The zero-order chi connectivity index (χ0) is 11.0. The van der Waals surface area contributed by atoms with Gasteiger partial charge in [-0.1, -0.05) is 0 Å². The van der Waals surface area contributed by atoms with Crippen molar-refractivity contribution in [2.24, 2.45) is 0 Å². The number of aromatic amines is 1. The maximum Gasteiger partial charge on any atom is 0.227 e. The number of rotatable bonds is 2. The molecule has 0 spiro atoms. The number of carbonyl (C=O) groups excluding carboxylic acids is 2. The first kappa shape index (κ1) is 9.32. The van der Waals surface area contributed by atoms with Crippen LogP contribution in [0.2, 0.25) is 0 Å². The lowest BCUT2D eigenvalue weighted by Gasteiger charge is -1.97. The van der Waals surface area contributed by atoms with E-state index in [4.69, 9.17) is 5.73 Å². The summed E-state index contributed by atoms with van der Waals surface area (Å²) in [5.41, 5.74) is 5.66. The van der Waals surface area contributed by atoms with Crippen LogP contribution in [-0.2, 0) is 4.79 Å². The topological polar surface area (TPSA) is 88.8 Å². The average Bonchev–Trinajstić information content (AvgIpc) is 2.68. The molecule has 0 saturated carbocycles. The predicted molar refractivity (Wildman–Crippen MR) is 50.9 cm³/mol. The van der Waals surface area contributed by atoms with Crippen molar-refractivity contribution in [1.82, 2.24) is 9.97 Å². The second kappa shape index (κ2) is 3.16. The van der Waals surface area contributed by atoms with Gasteiger partial charge in [-0.15, -0.1) is 0 Å². The van der Waals surface area contributed by atoms with Crippen LogP contribution in [0.4, 0.5) is 10.2 Å². The van der Waals surface area contributed by atoms with Gasteiger partial charge in [0.05, 0.1) is 22.7 Å². The van der Waals surface area contributed by atoms with Gasteiger partial charge in [0.15, 0.2) is 12.1 Å². The molecule has 0 saturated heterocycles. The summed E-state index contributed by atoms with van der Waals surface area (Å²) in [6.07, 6.45) is 2.27. The number of Topliss-reactive ketones (excluding diaryl/α,β-unsaturated/α-hetero) is 1. The van der Waals surface area contributed by atoms with E-state index in [1.54, 1.807) is 0 Å². The lowest BCUT2D eigenvalue weighted by atomic mass is 10.1. The fourth-order valence-corrected chi connectivity index (χ4v) is 1.39. The number of nitrogen functional groups attached to an aromatic ring is 1. The molecule has 0 aromatic carbocycles. The first-order valence-electron chi connectivity index (χ1n) is 4.05. The van der Waals surface area contributed by atoms with Crippen molar-refractivity contribution in [3.05, 3.63) is 23.8 Å². The van der Waals surface area contributed by atoms with Crippen molar-refractivity contribution >= 4 is 28.8 Å². The number of H-pyrrole nitrogens is 1. The monoisotopic (exact) mass is 207 g/mol. The molecule has 2 aromatic heterocycles. The molecule has 0 fully saturated rings. The minimum atomic E-state index is -0.800. The molecule has 0 aliphatic rings. The number of aromatic nitrogens is 2. The number of fused-ring (bicyclic) bond motifs is 1. The van der Waals surface area contributed by atoms with E-state index >= 15 is 0 Å². The summed E-state index contributed by atoms with van der Waals surface area (Å²) in [5.74, 6) is -1.41. The Labute approximate surface area is 83.1 Å². The quantitative estimate of drug-likeness (QED) is 0.430. The van der Waals surface area contributed by atoms with Crippen molar-refractivity contribution in [3.8, 4) is 0 Å². The van der Waals surface area contributed by atoms with E-state index in [-0.39, 0.29) is 28.6 Å². The maximum absolute atomic E-state index is 13.4. The minimum absolute atomic E-state index is 0.000370. The fourth-order valence-electron chi connectivity index (χ4n) is 1.39. The molecular formula is C9H6FN3O2.